The molecule has 208 valence electrons. The number of likely N-dealkylation sites (tertiary alicyclic amines) is 1. The number of hydrazine groups is 1. The molecule has 3 N–H and O–H groups in total. The van der Waals surface area contributed by atoms with E-state index < -0.39 is 35.8 Å². The number of aromatic nitrogens is 2. The number of nitrogens with zero attached hydrogens (tertiary/aromatic N) is 4. The first-order valence-electron chi connectivity index (χ1n) is 12.3. The molecule has 4 rings (SSSR count). The van der Waals surface area contributed by atoms with Crippen LogP contribution in [0.15, 0.2) is 12.4 Å². The van der Waals surface area contributed by atoms with Crippen molar-refractivity contribution in [3.05, 3.63) is 18.0 Å². The van der Waals surface area contributed by atoms with E-state index in [1.807, 2.05) is 10.3 Å². The Balaban J connectivity index is 1.19. The molecular formula is C22H31F6N7O2. The highest BCUT2D eigenvalue weighted by atomic mass is 19.4. The van der Waals surface area contributed by atoms with E-state index in [1.54, 1.807) is 6.92 Å². The summed E-state index contributed by atoms with van der Waals surface area (Å²) < 4.78 is 84.1. The van der Waals surface area contributed by atoms with Crippen LogP contribution in [-0.2, 0) is 15.7 Å². The van der Waals surface area contributed by atoms with Crippen LogP contribution in [0.5, 0.6) is 0 Å². The maximum absolute atomic E-state index is 13.3. The fraction of sp³-hybridized carbons (Fsp3) is 0.773. The van der Waals surface area contributed by atoms with E-state index in [4.69, 9.17) is 4.74 Å². The van der Waals surface area contributed by atoms with Gasteiger partial charge in [0.1, 0.15) is 0 Å². The van der Waals surface area contributed by atoms with Crippen molar-refractivity contribution in [2.45, 2.75) is 62.8 Å². The number of alkyl halides is 6. The Hall–Kier alpha value is -2.23. The molecule has 3 aliphatic heterocycles. The molecule has 3 fully saturated rings. The summed E-state index contributed by atoms with van der Waals surface area (Å²) >= 11 is 0. The van der Waals surface area contributed by atoms with Crippen LogP contribution in [0.3, 0.4) is 0 Å². The van der Waals surface area contributed by atoms with Gasteiger partial charge in [0.25, 0.3) is 0 Å². The Bertz CT molecular complexity index is 908. The Morgan fingerprint density at radius 2 is 1.78 bits per heavy atom. The van der Waals surface area contributed by atoms with Crippen LogP contribution in [0.25, 0.3) is 0 Å². The topological polar surface area (TPSA) is 94.7 Å². The van der Waals surface area contributed by atoms with E-state index in [0.717, 1.165) is 38.2 Å². The maximum atomic E-state index is 13.3. The lowest BCUT2D eigenvalue weighted by Crippen LogP contribution is -2.65. The van der Waals surface area contributed by atoms with Crippen molar-refractivity contribution in [3.63, 3.8) is 0 Å². The van der Waals surface area contributed by atoms with Gasteiger partial charge >= 0.3 is 12.4 Å². The fourth-order valence-electron chi connectivity index (χ4n) is 5.14. The van der Waals surface area contributed by atoms with E-state index >= 15 is 0 Å². The Morgan fingerprint density at radius 3 is 2.41 bits per heavy atom. The Morgan fingerprint density at radius 1 is 1.11 bits per heavy atom. The molecule has 0 radical (unpaired) electrons. The molecule has 1 aromatic heterocycles. The van der Waals surface area contributed by atoms with Crippen LogP contribution in [0, 0.1) is 5.92 Å². The van der Waals surface area contributed by atoms with Crippen LogP contribution in [0.1, 0.15) is 31.7 Å². The molecule has 15 heteroatoms. The number of amides is 1. The average molecular weight is 540 g/mol. The van der Waals surface area contributed by atoms with Gasteiger partial charge in [-0.25, -0.2) is 15.4 Å². The first kappa shape index (κ1) is 27.8. The lowest BCUT2D eigenvalue weighted by Gasteiger charge is -2.36. The zero-order chi connectivity index (χ0) is 26.8. The number of anilines is 1. The first-order chi connectivity index (χ1) is 17.4. The predicted octanol–water partition coefficient (Wildman–Crippen LogP) is 1.71. The van der Waals surface area contributed by atoms with Gasteiger partial charge in [-0.3, -0.25) is 15.1 Å². The zero-order valence-corrected chi connectivity index (χ0v) is 20.3. The highest BCUT2D eigenvalue weighted by molar-refractivity contribution is 5.80. The van der Waals surface area contributed by atoms with Crippen molar-refractivity contribution < 1.29 is 35.9 Å². The summed E-state index contributed by atoms with van der Waals surface area (Å²) in [5, 5.41) is 2.87. The van der Waals surface area contributed by atoms with Crippen LogP contribution >= 0.6 is 0 Å². The van der Waals surface area contributed by atoms with Gasteiger partial charge in [0, 0.05) is 63.2 Å². The standard InChI is InChI=1S/C22H31F6N7O2/c1-13(32-17-10-31-33-19(36)18(17)22(26,27)28)12-37-16-4-7-35(11-16)15-2-5-34(6-3-15)20-29-8-14(9-30-20)21(23,24)25/h8-9,13,15-18,31-32H,2-7,10-12H2,1H3,(H,33,36)/t13-,16?,17?,18?/m0/s1. The number of rotatable bonds is 7. The van der Waals surface area contributed by atoms with Crippen molar-refractivity contribution in [2.75, 3.05) is 44.2 Å². The minimum atomic E-state index is -4.65. The molecule has 9 nitrogen and oxygen atoms in total. The Labute approximate surface area is 210 Å². The molecule has 3 aliphatic rings. The quantitative estimate of drug-likeness (QED) is 0.451. The van der Waals surface area contributed by atoms with Crippen LogP contribution in [-0.4, -0.2) is 90.5 Å². The number of carbonyl (C=O) groups excluding carboxylic acids is 1. The van der Waals surface area contributed by atoms with Crippen LogP contribution < -0.4 is 21.1 Å². The fourth-order valence-corrected chi connectivity index (χ4v) is 5.14. The highest BCUT2D eigenvalue weighted by Gasteiger charge is 2.51. The molecule has 4 heterocycles. The van der Waals surface area contributed by atoms with Crippen molar-refractivity contribution in [3.8, 4) is 0 Å². The molecule has 0 saturated carbocycles. The summed E-state index contributed by atoms with van der Waals surface area (Å²) in [5.74, 6) is -2.95. The zero-order valence-electron chi connectivity index (χ0n) is 20.3. The van der Waals surface area contributed by atoms with Gasteiger partial charge in [-0.15, -0.1) is 0 Å². The third-order valence-corrected chi connectivity index (χ3v) is 7.06. The van der Waals surface area contributed by atoms with Gasteiger partial charge in [0.05, 0.1) is 18.3 Å². The normalized spacial score (nSPS) is 27.4. The summed E-state index contributed by atoms with van der Waals surface area (Å²) in [6.07, 6.45) is -5.15. The smallest absolute Gasteiger partial charge is 0.375 e. The number of hydrogen-bond acceptors (Lipinski definition) is 8. The number of hydrogen-bond donors (Lipinski definition) is 3. The number of ether oxygens (including phenoxy) is 1. The largest absolute Gasteiger partial charge is 0.419 e. The number of carbonyl (C=O) groups is 1. The average Bonchev–Trinajstić information content (AvgIpc) is 3.31. The monoisotopic (exact) mass is 539 g/mol. The molecule has 4 atom stereocenters. The minimum absolute atomic E-state index is 0.0479. The summed E-state index contributed by atoms with van der Waals surface area (Å²) in [7, 11) is 0. The summed E-state index contributed by atoms with van der Waals surface area (Å²) in [4.78, 5) is 23.7. The molecular weight excluding hydrogens is 508 g/mol. The van der Waals surface area contributed by atoms with E-state index in [2.05, 4.69) is 25.6 Å². The summed E-state index contributed by atoms with van der Waals surface area (Å²) in [5.41, 5.74) is 3.65. The van der Waals surface area contributed by atoms with E-state index in [1.165, 1.54) is 0 Å². The molecule has 1 amide bonds. The highest BCUT2D eigenvalue weighted by Crippen LogP contribution is 2.31. The Kier molecular flexibility index (Phi) is 8.45. The molecule has 0 bridgehead atoms. The molecule has 3 saturated heterocycles. The second-order valence-corrected chi connectivity index (χ2v) is 9.79. The van der Waals surface area contributed by atoms with Gasteiger partial charge < -0.3 is 15.0 Å². The van der Waals surface area contributed by atoms with Gasteiger partial charge in [0.15, 0.2) is 5.92 Å². The second kappa shape index (κ2) is 11.3. The first-order valence-corrected chi connectivity index (χ1v) is 12.3. The van der Waals surface area contributed by atoms with Crippen molar-refractivity contribution in [1.82, 2.24) is 31.0 Å². The maximum Gasteiger partial charge on any atom is 0.419 e. The third kappa shape index (κ3) is 7.00. The second-order valence-electron chi connectivity index (χ2n) is 9.79. The van der Waals surface area contributed by atoms with Crippen molar-refractivity contribution in [2.24, 2.45) is 5.92 Å². The molecule has 0 aromatic carbocycles. The van der Waals surface area contributed by atoms with E-state index in [0.29, 0.717) is 25.7 Å². The van der Waals surface area contributed by atoms with Crippen LogP contribution in [0.4, 0.5) is 32.3 Å². The van der Waals surface area contributed by atoms with E-state index in [9.17, 15) is 31.1 Å². The summed E-state index contributed by atoms with van der Waals surface area (Å²) in [6, 6.07) is -1.18. The lowest BCUT2D eigenvalue weighted by atomic mass is 9.96. The molecule has 0 spiro atoms. The molecule has 3 unspecified atom stereocenters. The molecule has 37 heavy (non-hydrogen) atoms. The van der Waals surface area contributed by atoms with Gasteiger partial charge in [-0.1, -0.05) is 0 Å². The molecule has 1 aromatic rings. The number of halogens is 6. The minimum Gasteiger partial charge on any atom is -0.375 e. The lowest BCUT2D eigenvalue weighted by molar-refractivity contribution is -0.193. The number of nitrogens with one attached hydrogen (secondary N) is 3. The summed E-state index contributed by atoms with van der Waals surface area (Å²) in [6.45, 7) is 4.68. The molecule has 0 aliphatic carbocycles. The van der Waals surface area contributed by atoms with Gasteiger partial charge in [-0.05, 0) is 26.2 Å². The third-order valence-electron chi connectivity index (χ3n) is 7.06. The predicted molar refractivity (Wildman–Crippen MR) is 120 cm³/mol. The van der Waals surface area contributed by atoms with Crippen molar-refractivity contribution >= 4 is 11.9 Å². The van der Waals surface area contributed by atoms with Gasteiger partial charge in [-0.2, -0.15) is 26.3 Å². The van der Waals surface area contributed by atoms with E-state index in [-0.39, 0.29) is 31.2 Å². The SMILES string of the molecule is C[C@@H](COC1CCN(C2CCN(c3ncc(C(F)(F)F)cn3)CC2)C1)NC1CNNC(=O)C1C(F)(F)F. The number of piperidine rings is 1. The van der Waals surface area contributed by atoms with Gasteiger partial charge in [0.2, 0.25) is 11.9 Å². The van der Waals surface area contributed by atoms with Crippen LogP contribution in [0.2, 0.25) is 0 Å². The van der Waals surface area contributed by atoms with Crippen molar-refractivity contribution in [1.29, 1.82) is 0 Å².